The first-order valence-corrected chi connectivity index (χ1v) is 21.1. The average Bonchev–Trinajstić information content (AvgIpc) is 3.47. The summed E-state index contributed by atoms with van der Waals surface area (Å²) in [7, 11) is 2.69. The first-order chi connectivity index (χ1) is 27.8. The van der Waals surface area contributed by atoms with E-state index in [2.05, 4.69) is 51.6 Å². The zero-order valence-electron chi connectivity index (χ0n) is 32.1. The molecule has 3 aliphatic rings. The van der Waals surface area contributed by atoms with Crippen LogP contribution in [0, 0.1) is 0 Å². The minimum atomic E-state index is -3.58. The molecule has 1 unspecified atom stereocenters. The van der Waals surface area contributed by atoms with Gasteiger partial charge in [0.1, 0.15) is 16.8 Å². The molecule has 0 spiro atoms. The van der Waals surface area contributed by atoms with Gasteiger partial charge in [-0.1, -0.05) is 23.7 Å². The van der Waals surface area contributed by atoms with Crippen molar-refractivity contribution in [2.75, 3.05) is 57.0 Å². The second-order valence-electron chi connectivity index (χ2n) is 14.0. The van der Waals surface area contributed by atoms with Crippen LogP contribution < -0.4 is 30.9 Å². The van der Waals surface area contributed by atoms with Gasteiger partial charge in [0.2, 0.25) is 17.8 Å². The number of nitrogens with zero attached hydrogens (tertiary/aromatic N) is 5. The van der Waals surface area contributed by atoms with Gasteiger partial charge in [-0.25, -0.2) is 4.98 Å². The normalized spacial score (nSPS) is 17.5. The number of benzene rings is 3. The standard InChI is InChI=1S/C39H41BrClN8O8P/c1-47(21-22-17-25-34(26(40)18-22)38(53)49(37(25)52)30-11-12-33(50)45-36(30)51)23-13-15-48(16-14-23)24-9-10-28(31(19-24)55-2)44-39-42-20-27(41)35(46-39)43-29-7-5-6-8-32(29)58(54,56-3)57-4/h5-10,17-20,23,30H,11-16,21H2,1-4H3,(H,45,50,51)(H2,42,43,44,46). The second-order valence-corrected chi connectivity index (χ2v) is 17.5. The molecule has 1 atom stereocenters. The lowest BCUT2D eigenvalue weighted by molar-refractivity contribution is -0.136. The summed E-state index contributed by atoms with van der Waals surface area (Å²) < 4.78 is 29.9. The van der Waals surface area contributed by atoms with Gasteiger partial charge in [0, 0.05) is 62.5 Å². The quantitative estimate of drug-likeness (QED) is 0.105. The van der Waals surface area contributed by atoms with Crippen molar-refractivity contribution in [2.45, 2.75) is 44.3 Å². The molecule has 0 bridgehead atoms. The molecular weight excluding hydrogens is 855 g/mol. The van der Waals surface area contributed by atoms with E-state index < -0.39 is 37.3 Å². The highest BCUT2D eigenvalue weighted by Gasteiger charge is 2.45. The van der Waals surface area contributed by atoms with Crippen LogP contribution in [0.4, 0.5) is 28.8 Å². The van der Waals surface area contributed by atoms with Crippen molar-refractivity contribution in [1.82, 2.24) is 25.1 Å². The fourth-order valence-corrected chi connectivity index (χ4v) is 9.56. The first kappa shape index (κ1) is 41.3. The molecule has 4 aromatic rings. The van der Waals surface area contributed by atoms with E-state index in [9.17, 15) is 23.7 Å². The van der Waals surface area contributed by atoms with Gasteiger partial charge in [-0.2, -0.15) is 4.98 Å². The molecular formula is C39H41BrClN8O8P. The van der Waals surface area contributed by atoms with Crippen LogP contribution in [0.3, 0.4) is 0 Å². The van der Waals surface area contributed by atoms with E-state index >= 15 is 0 Å². The van der Waals surface area contributed by atoms with E-state index in [4.69, 9.17) is 25.4 Å². The Morgan fingerprint density at radius 3 is 2.41 bits per heavy atom. The number of halogens is 2. The predicted molar refractivity (Wildman–Crippen MR) is 222 cm³/mol. The molecule has 0 radical (unpaired) electrons. The third-order valence-corrected chi connectivity index (χ3v) is 13.4. The van der Waals surface area contributed by atoms with Crippen molar-refractivity contribution in [1.29, 1.82) is 0 Å². The number of methoxy groups -OCH3 is 1. The summed E-state index contributed by atoms with van der Waals surface area (Å²) >= 11 is 9.97. The number of carbonyl (C=O) groups excluding carboxylic acids is 4. The van der Waals surface area contributed by atoms with Gasteiger partial charge in [0.05, 0.1) is 41.1 Å². The number of fused-ring (bicyclic) bond motifs is 1. The van der Waals surface area contributed by atoms with Crippen molar-refractivity contribution in [3.05, 3.63) is 87.0 Å². The van der Waals surface area contributed by atoms with Crippen LogP contribution in [-0.2, 0) is 29.7 Å². The van der Waals surface area contributed by atoms with E-state index in [1.165, 1.54) is 20.4 Å². The van der Waals surface area contributed by atoms with Crippen molar-refractivity contribution in [2.24, 2.45) is 0 Å². The Morgan fingerprint density at radius 2 is 1.71 bits per heavy atom. The summed E-state index contributed by atoms with van der Waals surface area (Å²) in [5.41, 5.74) is 3.41. The number of carbonyl (C=O) groups is 4. The van der Waals surface area contributed by atoms with E-state index in [1.54, 1.807) is 37.4 Å². The molecule has 2 fully saturated rings. The third kappa shape index (κ3) is 8.20. The number of aromatic nitrogens is 2. The number of para-hydroxylation sites is 1. The maximum Gasteiger partial charge on any atom is 0.362 e. The predicted octanol–water partition coefficient (Wildman–Crippen LogP) is 6.00. The van der Waals surface area contributed by atoms with E-state index in [0.717, 1.165) is 42.1 Å². The average molecular weight is 896 g/mol. The molecule has 304 valence electrons. The Kier molecular flexibility index (Phi) is 12.2. The number of hydrogen-bond acceptors (Lipinski definition) is 14. The summed E-state index contributed by atoms with van der Waals surface area (Å²) in [4.78, 5) is 65.4. The Bertz CT molecular complexity index is 2340. The summed E-state index contributed by atoms with van der Waals surface area (Å²) in [5.74, 6) is -1.02. The fraction of sp³-hybridized carbons (Fsp3) is 0.333. The summed E-state index contributed by atoms with van der Waals surface area (Å²) in [6.45, 7) is 2.13. The number of rotatable bonds is 13. The minimum absolute atomic E-state index is 0.0610. The molecule has 4 heterocycles. The Balaban J connectivity index is 0.982. The topological polar surface area (TPSA) is 185 Å². The molecule has 3 aliphatic heterocycles. The van der Waals surface area contributed by atoms with Gasteiger partial charge in [-0.3, -0.25) is 38.9 Å². The lowest BCUT2D eigenvalue weighted by Crippen LogP contribution is -2.54. The number of imide groups is 2. The van der Waals surface area contributed by atoms with Gasteiger partial charge < -0.3 is 29.3 Å². The van der Waals surface area contributed by atoms with Crippen LogP contribution in [0.1, 0.15) is 52.0 Å². The molecule has 19 heteroatoms. The smallest absolute Gasteiger partial charge is 0.362 e. The molecule has 2 saturated heterocycles. The van der Waals surface area contributed by atoms with Crippen molar-refractivity contribution in [3.8, 4) is 5.75 Å². The monoisotopic (exact) mass is 894 g/mol. The van der Waals surface area contributed by atoms with Gasteiger partial charge >= 0.3 is 7.60 Å². The summed E-state index contributed by atoms with van der Waals surface area (Å²) in [5, 5.41) is 9.14. The van der Waals surface area contributed by atoms with Gasteiger partial charge in [-0.05, 0) is 84.2 Å². The van der Waals surface area contributed by atoms with Crippen LogP contribution in [-0.4, -0.2) is 96.9 Å². The molecule has 16 nitrogen and oxygen atoms in total. The largest absolute Gasteiger partial charge is 0.494 e. The number of hydrogen-bond donors (Lipinski definition) is 3. The molecule has 58 heavy (non-hydrogen) atoms. The van der Waals surface area contributed by atoms with Crippen LogP contribution in [0.15, 0.2) is 65.3 Å². The van der Waals surface area contributed by atoms with Gasteiger partial charge in [-0.15, -0.1) is 0 Å². The Labute approximate surface area is 348 Å². The van der Waals surface area contributed by atoms with Crippen LogP contribution in [0.2, 0.25) is 5.02 Å². The van der Waals surface area contributed by atoms with Crippen LogP contribution in [0.25, 0.3) is 0 Å². The lowest BCUT2D eigenvalue weighted by Gasteiger charge is -2.38. The van der Waals surface area contributed by atoms with E-state index in [0.29, 0.717) is 33.4 Å². The van der Waals surface area contributed by atoms with Crippen LogP contribution >= 0.6 is 35.1 Å². The number of nitrogens with one attached hydrogen (secondary N) is 3. The van der Waals surface area contributed by atoms with Crippen molar-refractivity contribution >= 4 is 92.9 Å². The van der Waals surface area contributed by atoms with Gasteiger partial charge in [0.25, 0.3) is 11.8 Å². The molecule has 7 rings (SSSR count). The SMILES string of the molecule is COc1cc(N2CCC(N(C)Cc3cc(Br)c4c(c3)C(=O)N(C3CCC(=O)NC3=O)C4=O)CC2)ccc1Nc1ncc(Cl)c(Nc2ccccc2P(=O)(OC)OC)n1. The molecule has 4 amide bonds. The molecule has 0 saturated carbocycles. The molecule has 3 aromatic carbocycles. The van der Waals surface area contributed by atoms with E-state index in [-0.39, 0.29) is 46.8 Å². The van der Waals surface area contributed by atoms with Crippen molar-refractivity contribution in [3.63, 3.8) is 0 Å². The molecule has 3 N–H and O–H groups in total. The maximum atomic E-state index is 13.5. The first-order valence-electron chi connectivity index (χ1n) is 18.4. The highest BCUT2D eigenvalue weighted by molar-refractivity contribution is 9.10. The second kappa shape index (κ2) is 17.1. The Hall–Kier alpha value is -4.90. The minimum Gasteiger partial charge on any atom is -0.494 e. The number of amides is 4. The summed E-state index contributed by atoms with van der Waals surface area (Å²) in [6.07, 6.45) is 3.38. The fourth-order valence-electron chi connectivity index (χ4n) is 7.51. The number of piperidine rings is 2. The Morgan fingerprint density at radius 1 is 0.966 bits per heavy atom. The number of anilines is 5. The van der Waals surface area contributed by atoms with Gasteiger partial charge in [0.15, 0.2) is 5.82 Å². The lowest BCUT2D eigenvalue weighted by atomic mass is 10.0. The van der Waals surface area contributed by atoms with E-state index in [1.807, 2.05) is 31.3 Å². The third-order valence-electron chi connectivity index (χ3n) is 10.5. The van der Waals surface area contributed by atoms with Crippen LogP contribution in [0.5, 0.6) is 5.75 Å². The maximum absolute atomic E-state index is 13.5. The molecule has 0 aliphatic carbocycles. The summed E-state index contributed by atoms with van der Waals surface area (Å²) in [6, 6.07) is 15.5. The zero-order valence-corrected chi connectivity index (χ0v) is 35.3. The molecule has 1 aromatic heterocycles. The zero-order chi connectivity index (χ0) is 41.3. The highest BCUT2D eigenvalue weighted by atomic mass is 79.9. The highest BCUT2D eigenvalue weighted by Crippen LogP contribution is 2.47. The number of ether oxygens (including phenoxy) is 1. The van der Waals surface area contributed by atoms with Crippen molar-refractivity contribution < 1.29 is 37.5 Å².